The summed E-state index contributed by atoms with van der Waals surface area (Å²) < 4.78 is 0.749. The molecule has 1 heteroatoms. The summed E-state index contributed by atoms with van der Waals surface area (Å²) in [5.74, 6) is 0. The van der Waals surface area contributed by atoms with Gasteiger partial charge in [0.15, 0.2) is 0 Å². The molecule has 1 aromatic rings. The van der Waals surface area contributed by atoms with Crippen LogP contribution in [0.2, 0.25) is 0 Å². The summed E-state index contributed by atoms with van der Waals surface area (Å²) in [6.07, 6.45) is 0. The molecule has 0 saturated heterocycles. The molecule has 0 aliphatic heterocycles. The Bertz CT molecular complexity index is 167. The number of hydrogen-bond donors (Lipinski definition) is 0. The van der Waals surface area contributed by atoms with Gasteiger partial charge >= 0.3 is 69.3 Å². The fraction of sp³-hybridized carbons (Fsp3) is 0.250. The van der Waals surface area contributed by atoms with Crippen LogP contribution in [0.25, 0.3) is 0 Å². The molecule has 0 saturated carbocycles. The molecule has 1 unspecified atom stereocenters. The summed E-state index contributed by atoms with van der Waals surface area (Å²) >= 11 is 1.59. The molecule has 1 aromatic carbocycles. The summed E-state index contributed by atoms with van der Waals surface area (Å²) in [6.45, 7) is 2.24. The molecule has 0 amide bonds. The van der Waals surface area contributed by atoms with E-state index < -0.39 is 0 Å². The third kappa shape index (κ3) is 2.01. The van der Waals surface area contributed by atoms with E-state index in [1.807, 2.05) is 0 Å². The molecule has 1 atom stereocenters. The predicted molar refractivity (Wildman–Crippen MR) is 40.6 cm³/mol. The molecule has 0 spiro atoms. The molecule has 0 fully saturated rings. The Labute approximate surface area is 69.4 Å². The first kappa shape index (κ1) is 7.13. The number of rotatable bonds is 1. The van der Waals surface area contributed by atoms with Gasteiger partial charge in [0.05, 0.1) is 0 Å². The SMILES string of the molecule is C[CH]([Sn])c1ccccc1. The van der Waals surface area contributed by atoms with E-state index >= 15 is 0 Å². The van der Waals surface area contributed by atoms with Crippen molar-refractivity contribution in [2.75, 3.05) is 0 Å². The van der Waals surface area contributed by atoms with Gasteiger partial charge in [0.2, 0.25) is 0 Å². The number of hydrogen-bond acceptors (Lipinski definition) is 0. The maximum absolute atomic E-state index is 2.24. The zero-order chi connectivity index (χ0) is 6.69. The van der Waals surface area contributed by atoms with Gasteiger partial charge < -0.3 is 0 Å². The molecule has 3 radical (unpaired) electrons. The second kappa shape index (κ2) is 3.25. The van der Waals surface area contributed by atoms with Gasteiger partial charge in [-0.25, -0.2) is 0 Å². The average molecular weight is 224 g/mol. The molecule has 0 heterocycles. The van der Waals surface area contributed by atoms with E-state index in [1.54, 1.807) is 22.5 Å². The summed E-state index contributed by atoms with van der Waals surface area (Å²) in [5.41, 5.74) is 1.45. The molecule has 0 aliphatic carbocycles. The van der Waals surface area contributed by atoms with Crippen molar-refractivity contribution in [1.29, 1.82) is 0 Å². The normalized spacial score (nSPS) is 13.1. The van der Waals surface area contributed by atoms with Crippen molar-refractivity contribution in [1.82, 2.24) is 0 Å². The second-order valence-corrected chi connectivity index (χ2v) is 4.60. The van der Waals surface area contributed by atoms with Crippen LogP contribution in [0, 0.1) is 0 Å². The topological polar surface area (TPSA) is 0 Å². The van der Waals surface area contributed by atoms with Crippen LogP contribution in [0.5, 0.6) is 0 Å². The third-order valence-electron chi connectivity index (χ3n) is 1.30. The Morgan fingerprint density at radius 2 is 1.78 bits per heavy atom. The van der Waals surface area contributed by atoms with Crippen molar-refractivity contribution in [3.63, 3.8) is 0 Å². The molecule has 0 N–H and O–H groups in total. The fourth-order valence-corrected chi connectivity index (χ4v) is 1.29. The molecular weight excluding hydrogens is 215 g/mol. The standard InChI is InChI=1S/C8H9.Sn/c1-2-8-6-4-3-5-7-8;/h2-7H,1H3;. The van der Waals surface area contributed by atoms with Crippen LogP contribution in [0.15, 0.2) is 30.3 Å². The molecule has 9 heavy (non-hydrogen) atoms. The third-order valence-corrected chi connectivity index (χ3v) is 2.25. The summed E-state index contributed by atoms with van der Waals surface area (Å²) in [5, 5.41) is 0. The van der Waals surface area contributed by atoms with E-state index in [4.69, 9.17) is 0 Å². The van der Waals surface area contributed by atoms with Crippen LogP contribution in [-0.2, 0) is 0 Å². The van der Waals surface area contributed by atoms with Gasteiger partial charge in [0, 0.05) is 0 Å². The van der Waals surface area contributed by atoms with Gasteiger partial charge in [-0.1, -0.05) is 0 Å². The van der Waals surface area contributed by atoms with E-state index in [-0.39, 0.29) is 0 Å². The van der Waals surface area contributed by atoms with Crippen LogP contribution in [0.1, 0.15) is 16.4 Å². The minimum atomic E-state index is 0.749. The van der Waals surface area contributed by atoms with E-state index in [9.17, 15) is 0 Å². The van der Waals surface area contributed by atoms with Gasteiger partial charge in [0.25, 0.3) is 0 Å². The van der Waals surface area contributed by atoms with E-state index in [2.05, 4.69) is 37.3 Å². The van der Waals surface area contributed by atoms with Crippen molar-refractivity contribution in [3.8, 4) is 0 Å². The Balaban J connectivity index is 2.85. The first-order chi connectivity index (χ1) is 4.30. The summed E-state index contributed by atoms with van der Waals surface area (Å²) in [7, 11) is 0. The van der Waals surface area contributed by atoms with Crippen LogP contribution < -0.4 is 0 Å². The monoisotopic (exact) mass is 225 g/mol. The Hall–Kier alpha value is 0.0187. The second-order valence-electron chi connectivity index (χ2n) is 2.13. The predicted octanol–water partition coefficient (Wildman–Crippen LogP) is 1.92. The van der Waals surface area contributed by atoms with Gasteiger partial charge in [0.1, 0.15) is 0 Å². The van der Waals surface area contributed by atoms with Crippen LogP contribution in [0.4, 0.5) is 0 Å². The van der Waals surface area contributed by atoms with Crippen LogP contribution >= 0.6 is 0 Å². The summed E-state index contributed by atoms with van der Waals surface area (Å²) in [4.78, 5) is 0. The van der Waals surface area contributed by atoms with Gasteiger partial charge in [-0.15, -0.1) is 0 Å². The maximum atomic E-state index is 2.24. The van der Waals surface area contributed by atoms with Gasteiger partial charge in [-0.05, 0) is 0 Å². The first-order valence-electron chi connectivity index (χ1n) is 3.07. The van der Waals surface area contributed by atoms with Crippen molar-refractivity contribution in [2.24, 2.45) is 0 Å². The van der Waals surface area contributed by atoms with Gasteiger partial charge in [-0.2, -0.15) is 0 Å². The van der Waals surface area contributed by atoms with Crippen molar-refractivity contribution in [3.05, 3.63) is 35.9 Å². The Morgan fingerprint density at radius 3 is 2.11 bits per heavy atom. The van der Waals surface area contributed by atoms with E-state index in [0.717, 1.165) is 3.93 Å². The zero-order valence-electron chi connectivity index (χ0n) is 5.46. The Morgan fingerprint density at radius 1 is 1.22 bits per heavy atom. The van der Waals surface area contributed by atoms with Gasteiger partial charge in [-0.3, -0.25) is 0 Å². The van der Waals surface area contributed by atoms with E-state index in [1.165, 1.54) is 5.56 Å². The Kier molecular flexibility index (Phi) is 2.58. The van der Waals surface area contributed by atoms with E-state index in [0.29, 0.717) is 0 Å². The molecule has 0 aliphatic rings. The first-order valence-corrected chi connectivity index (χ1v) is 4.71. The van der Waals surface area contributed by atoms with Crippen molar-refractivity contribution >= 4 is 22.5 Å². The van der Waals surface area contributed by atoms with Crippen LogP contribution in [0.3, 0.4) is 0 Å². The molecule has 0 bridgehead atoms. The molecular formula is C8H9Sn. The fourth-order valence-electron chi connectivity index (χ4n) is 0.742. The van der Waals surface area contributed by atoms with Crippen molar-refractivity contribution < 1.29 is 0 Å². The molecule has 1 rings (SSSR count). The molecule has 0 nitrogen and oxygen atoms in total. The average Bonchev–Trinajstić information content (AvgIpc) is 1.90. The van der Waals surface area contributed by atoms with Crippen molar-refractivity contribution in [2.45, 2.75) is 10.9 Å². The van der Waals surface area contributed by atoms with Crippen LogP contribution in [-0.4, -0.2) is 22.5 Å². The quantitative estimate of drug-likeness (QED) is 0.639. The zero-order valence-corrected chi connectivity index (χ0v) is 8.32. The number of benzene rings is 1. The molecule has 0 aromatic heterocycles. The summed E-state index contributed by atoms with van der Waals surface area (Å²) in [6, 6.07) is 10.6. The minimum absolute atomic E-state index is 0.749. The molecule has 45 valence electrons.